The van der Waals surface area contributed by atoms with Gasteiger partial charge in [0.25, 0.3) is 0 Å². The van der Waals surface area contributed by atoms with Gasteiger partial charge in [-0.3, -0.25) is 9.78 Å². The van der Waals surface area contributed by atoms with Crippen molar-refractivity contribution < 1.29 is 9.53 Å². The summed E-state index contributed by atoms with van der Waals surface area (Å²) in [5.41, 5.74) is 1.85. The van der Waals surface area contributed by atoms with Crippen molar-refractivity contribution >= 4 is 11.7 Å². The van der Waals surface area contributed by atoms with Crippen LogP contribution in [0.5, 0.6) is 0 Å². The number of hydrogen-bond acceptors (Lipinski definition) is 5. The van der Waals surface area contributed by atoms with Gasteiger partial charge in [-0.25, -0.2) is 4.98 Å². The fraction of sp³-hybridized carbons (Fsp3) is 0.450. The second-order valence-electron chi connectivity index (χ2n) is 7.21. The van der Waals surface area contributed by atoms with Crippen LogP contribution in [0.25, 0.3) is 0 Å². The first-order valence-electron chi connectivity index (χ1n) is 9.13. The second kappa shape index (κ2) is 7.03. The van der Waals surface area contributed by atoms with E-state index in [0.717, 1.165) is 43.0 Å². The predicted molar refractivity (Wildman–Crippen MR) is 98.8 cm³/mol. The van der Waals surface area contributed by atoms with E-state index in [4.69, 9.17) is 4.74 Å². The van der Waals surface area contributed by atoms with Crippen LogP contribution in [-0.4, -0.2) is 52.6 Å². The average Bonchev–Trinajstić information content (AvgIpc) is 2.66. The Morgan fingerprint density at radius 2 is 2.04 bits per heavy atom. The number of anilines is 1. The van der Waals surface area contributed by atoms with Gasteiger partial charge in [0.2, 0.25) is 5.91 Å². The summed E-state index contributed by atoms with van der Waals surface area (Å²) in [7, 11) is 0. The molecule has 0 aliphatic carbocycles. The summed E-state index contributed by atoms with van der Waals surface area (Å²) >= 11 is 0. The lowest BCUT2D eigenvalue weighted by Gasteiger charge is -2.47. The van der Waals surface area contributed by atoms with Crippen molar-refractivity contribution in [3.63, 3.8) is 0 Å². The molecular weight excluding hydrogens is 328 g/mol. The van der Waals surface area contributed by atoms with E-state index in [-0.39, 0.29) is 18.1 Å². The molecule has 0 atom stereocenters. The molecule has 0 aromatic carbocycles. The summed E-state index contributed by atoms with van der Waals surface area (Å²) in [4.78, 5) is 25.3. The summed E-state index contributed by atoms with van der Waals surface area (Å²) in [5.74, 6) is 1.08. The Morgan fingerprint density at radius 3 is 2.77 bits per heavy atom. The Kier molecular flexibility index (Phi) is 4.59. The molecule has 0 bridgehead atoms. The van der Waals surface area contributed by atoms with E-state index in [1.165, 1.54) is 0 Å². The molecule has 2 aromatic heterocycles. The Bertz CT molecular complexity index is 772. The van der Waals surface area contributed by atoms with Crippen LogP contribution >= 0.6 is 0 Å². The van der Waals surface area contributed by atoms with Crippen LogP contribution in [0.15, 0.2) is 42.7 Å². The first-order valence-corrected chi connectivity index (χ1v) is 9.13. The number of amides is 1. The SMILES string of the molecule is Cc1cccc(N2CCC3(CC2)CN(Cc2cccnc2)C(=O)CO3)n1. The highest BCUT2D eigenvalue weighted by atomic mass is 16.5. The largest absolute Gasteiger partial charge is 0.363 e. The highest BCUT2D eigenvalue weighted by Gasteiger charge is 2.42. The standard InChI is InChI=1S/C20H24N4O2/c1-16-4-2-6-18(22-16)23-10-7-20(8-11-23)15-24(19(25)14-26-20)13-17-5-3-9-21-12-17/h2-6,9,12H,7-8,10-11,13-15H2,1H3. The molecule has 6 nitrogen and oxygen atoms in total. The number of morpholine rings is 1. The van der Waals surface area contributed by atoms with Crippen molar-refractivity contribution in [1.82, 2.24) is 14.9 Å². The van der Waals surface area contributed by atoms with E-state index in [1.54, 1.807) is 6.20 Å². The number of ether oxygens (including phenoxy) is 1. The van der Waals surface area contributed by atoms with Gasteiger partial charge in [0.1, 0.15) is 12.4 Å². The Morgan fingerprint density at radius 1 is 1.19 bits per heavy atom. The van der Waals surface area contributed by atoms with E-state index >= 15 is 0 Å². The number of hydrogen-bond donors (Lipinski definition) is 0. The van der Waals surface area contributed by atoms with Crippen molar-refractivity contribution in [3.05, 3.63) is 54.0 Å². The smallest absolute Gasteiger partial charge is 0.248 e. The van der Waals surface area contributed by atoms with Gasteiger partial charge < -0.3 is 14.5 Å². The fourth-order valence-electron chi connectivity index (χ4n) is 3.79. The van der Waals surface area contributed by atoms with Crippen LogP contribution in [0.4, 0.5) is 5.82 Å². The van der Waals surface area contributed by atoms with Gasteiger partial charge in [0.15, 0.2) is 0 Å². The third-order valence-corrected chi connectivity index (χ3v) is 5.30. The van der Waals surface area contributed by atoms with E-state index in [2.05, 4.69) is 20.9 Å². The van der Waals surface area contributed by atoms with Gasteiger partial charge >= 0.3 is 0 Å². The molecule has 1 spiro atoms. The maximum atomic E-state index is 12.3. The molecule has 4 heterocycles. The van der Waals surface area contributed by atoms with Crippen LogP contribution in [0.3, 0.4) is 0 Å². The number of pyridine rings is 2. The van der Waals surface area contributed by atoms with Crippen LogP contribution in [0, 0.1) is 6.92 Å². The molecular formula is C20H24N4O2. The summed E-state index contributed by atoms with van der Waals surface area (Å²) < 4.78 is 6.04. The molecule has 0 unspecified atom stereocenters. The minimum absolute atomic E-state index is 0.0576. The minimum atomic E-state index is -0.240. The number of aryl methyl sites for hydroxylation is 1. The van der Waals surface area contributed by atoms with Crippen molar-refractivity contribution in [2.75, 3.05) is 31.1 Å². The third kappa shape index (κ3) is 3.55. The zero-order valence-electron chi connectivity index (χ0n) is 15.1. The van der Waals surface area contributed by atoms with Crippen molar-refractivity contribution in [3.8, 4) is 0 Å². The number of carbonyl (C=O) groups excluding carboxylic acids is 1. The maximum absolute atomic E-state index is 12.3. The number of rotatable bonds is 3. The van der Waals surface area contributed by atoms with Crippen molar-refractivity contribution in [1.29, 1.82) is 0 Å². The van der Waals surface area contributed by atoms with E-state index in [1.807, 2.05) is 42.3 Å². The average molecular weight is 352 g/mol. The molecule has 2 saturated heterocycles. The lowest BCUT2D eigenvalue weighted by molar-refractivity contribution is -0.168. The minimum Gasteiger partial charge on any atom is -0.363 e. The zero-order valence-corrected chi connectivity index (χ0v) is 15.1. The molecule has 2 aliphatic heterocycles. The zero-order chi connectivity index (χ0) is 18.0. The third-order valence-electron chi connectivity index (χ3n) is 5.30. The molecule has 136 valence electrons. The molecule has 1 amide bonds. The monoisotopic (exact) mass is 352 g/mol. The number of piperidine rings is 1. The summed E-state index contributed by atoms with van der Waals surface area (Å²) in [6.45, 7) is 5.22. The van der Waals surface area contributed by atoms with Crippen LogP contribution < -0.4 is 4.90 Å². The van der Waals surface area contributed by atoms with Gasteiger partial charge in [-0.05, 0) is 43.5 Å². The summed E-state index contributed by atoms with van der Waals surface area (Å²) in [5, 5.41) is 0. The summed E-state index contributed by atoms with van der Waals surface area (Å²) in [6, 6.07) is 10.0. The molecule has 0 radical (unpaired) electrons. The predicted octanol–water partition coefficient (Wildman–Crippen LogP) is 2.18. The van der Waals surface area contributed by atoms with Crippen molar-refractivity contribution in [2.24, 2.45) is 0 Å². The topological polar surface area (TPSA) is 58.6 Å². The van der Waals surface area contributed by atoms with Gasteiger partial charge in [0, 0.05) is 37.7 Å². The Hall–Kier alpha value is -2.47. The van der Waals surface area contributed by atoms with Gasteiger partial charge in [-0.1, -0.05) is 12.1 Å². The first kappa shape index (κ1) is 17.0. The highest BCUT2D eigenvalue weighted by Crippen LogP contribution is 2.32. The number of carbonyl (C=O) groups is 1. The molecule has 4 rings (SSSR count). The Labute approximate surface area is 153 Å². The molecule has 0 saturated carbocycles. The molecule has 0 N–H and O–H groups in total. The fourth-order valence-corrected chi connectivity index (χ4v) is 3.79. The summed E-state index contributed by atoms with van der Waals surface area (Å²) in [6.07, 6.45) is 5.38. The molecule has 2 aliphatic rings. The lowest BCUT2D eigenvalue weighted by Crippen LogP contribution is -2.58. The second-order valence-corrected chi connectivity index (χ2v) is 7.21. The van der Waals surface area contributed by atoms with Gasteiger partial charge in [-0.2, -0.15) is 0 Å². The van der Waals surface area contributed by atoms with E-state index < -0.39 is 0 Å². The maximum Gasteiger partial charge on any atom is 0.248 e. The van der Waals surface area contributed by atoms with Crippen molar-refractivity contribution in [2.45, 2.75) is 31.9 Å². The molecule has 2 aromatic rings. The van der Waals surface area contributed by atoms with E-state index in [9.17, 15) is 4.79 Å². The quantitative estimate of drug-likeness (QED) is 0.847. The normalized spacial score (nSPS) is 19.8. The first-order chi connectivity index (χ1) is 12.6. The molecule has 6 heteroatoms. The number of aromatic nitrogens is 2. The van der Waals surface area contributed by atoms with Crippen LogP contribution in [0.1, 0.15) is 24.1 Å². The van der Waals surface area contributed by atoms with Gasteiger partial charge in [0.05, 0.1) is 12.1 Å². The number of nitrogens with zero attached hydrogens (tertiary/aromatic N) is 4. The lowest BCUT2D eigenvalue weighted by atomic mass is 9.89. The molecule has 26 heavy (non-hydrogen) atoms. The van der Waals surface area contributed by atoms with Gasteiger partial charge in [-0.15, -0.1) is 0 Å². The highest BCUT2D eigenvalue weighted by molar-refractivity contribution is 5.78. The van der Waals surface area contributed by atoms with E-state index in [0.29, 0.717) is 13.1 Å². The Balaban J connectivity index is 1.42. The molecule has 2 fully saturated rings. The van der Waals surface area contributed by atoms with Crippen LogP contribution in [0.2, 0.25) is 0 Å². The van der Waals surface area contributed by atoms with Crippen LogP contribution in [-0.2, 0) is 16.1 Å².